The zero-order chi connectivity index (χ0) is 12.5. The fourth-order valence-electron chi connectivity index (χ4n) is 3.49. The Kier molecular flexibility index (Phi) is 2.87. The normalized spacial score (nSPS) is 26.7. The summed E-state index contributed by atoms with van der Waals surface area (Å²) in [5, 5.41) is 8.91. The van der Waals surface area contributed by atoms with Crippen molar-refractivity contribution in [3.63, 3.8) is 0 Å². The molecule has 3 nitrogen and oxygen atoms in total. The van der Waals surface area contributed by atoms with Crippen LogP contribution >= 0.6 is 0 Å². The number of piperidine rings is 1. The topological polar surface area (TPSA) is 53.0 Å². The van der Waals surface area contributed by atoms with E-state index in [9.17, 15) is 0 Å². The summed E-state index contributed by atoms with van der Waals surface area (Å²) in [6.07, 6.45) is 5.55. The van der Waals surface area contributed by atoms with Crippen LogP contribution in [0.25, 0.3) is 0 Å². The number of fused-ring (bicyclic) bond motifs is 2. The maximum absolute atomic E-state index is 8.91. The molecule has 0 aromatic heterocycles. The van der Waals surface area contributed by atoms with Gasteiger partial charge in [0, 0.05) is 18.8 Å². The molecule has 1 heterocycles. The average Bonchev–Trinajstić information content (AvgIpc) is 2.38. The number of benzene rings is 1. The highest BCUT2D eigenvalue weighted by Gasteiger charge is 2.30. The van der Waals surface area contributed by atoms with Gasteiger partial charge in [0.2, 0.25) is 0 Å². The standard InChI is InChI=1S/C15H19N3/c16-8-13-4-5-14(7-15(13)17)18-9-11-2-1-3-12(6-11)10-18/h4-5,7,11-12H,1-3,6,9-10,17H2. The fourth-order valence-corrected chi connectivity index (χ4v) is 3.49. The van der Waals surface area contributed by atoms with E-state index < -0.39 is 0 Å². The van der Waals surface area contributed by atoms with Crippen LogP contribution < -0.4 is 10.6 Å². The number of nitrogens with zero attached hydrogens (tertiary/aromatic N) is 2. The van der Waals surface area contributed by atoms with Gasteiger partial charge in [0.25, 0.3) is 0 Å². The summed E-state index contributed by atoms with van der Waals surface area (Å²) in [6, 6.07) is 7.96. The predicted octanol–water partition coefficient (Wildman–Crippen LogP) is 2.77. The summed E-state index contributed by atoms with van der Waals surface area (Å²) in [6.45, 7) is 2.31. The van der Waals surface area contributed by atoms with Gasteiger partial charge in [0.15, 0.2) is 0 Å². The van der Waals surface area contributed by atoms with Crippen LogP contribution in [0.1, 0.15) is 31.2 Å². The van der Waals surface area contributed by atoms with Crippen molar-refractivity contribution in [3.05, 3.63) is 23.8 Å². The molecule has 0 radical (unpaired) electrons. The molecule has 1 aromatic rings. The van der Waals surface area contributed by atoms with Crippen molar-refractivity contribution in [2.45, 2.75) is 25.7 Å². The van der Waals surface area contributed by atoms with E-state index in [1.165, 1.54) is 31.4 Å². The Morgan fingerprint density at radius 1 is 1.22 bits per heavy atom. The smallest absolute Gasteiger partial charge is 0.101 e. The summed E-state index contributed by atoms with van der Waals surface area (Å²) < 4.78 is 0. The Morgan fingerprint density at radius 2 is 1.94 bits per heavy atom. The highest BCUT2D eigenvalue weighted by atomic mass is 15.1. The number of hydrogen-bond donors (Lipinski definition) is 1. The molecule has 2 fully saturated rings. The van der Waals surface area contributed by atoms with Crippen molar-refractivity contribution < 1.29 is 0 Å². The lowest BCUT2D eigenvalue weighted by molar-refractivity contribution is 0.231. The van der Waals surface area contributed by atoms with Gasteiger partial charge < -0.3 is 10.6 Å². The van der Waals surface area contributed by atoms with Gasteiger partial charge >= 0.3 is 0 Å². The highest BCUT2D eigenvalue weighted by Crippen LogP contribution is 2.36. The second kappa shape index (κ2) is 4.53. The Labute approximate surface area is 108 Å². The Morgan fingerprint density at radius 3 is 2.56 bits per heavy atom. The number of nitrogens with two attached hydrogens (primary N) is 1. The van der Waals surface area contributed by atoms with Crippen LogP contribution in [-0.4, -0.2) is 13.1 Å². The molecule has 18 heavy (non-hydrogen) atoms. The SMILES string of the molecule is N#Cc1ccc(N2CC3CCCC(C3)C2)cc1N. The summed E-state index contributed by atoms with van der Waals surface area (Å²) in [5.74, 6) is 1.71. The number of nitriles is 1. The van der Waals surface area contributed by atoms with Gasteiger partial charge in [-0.2, -0.15) is 5.26 Å². The lowest BCUT2D eigenvalue weighted by Gasteiger charge is -2.42. The molecule has 94 valence electrons. The van der Waals surface area contributed by atoms with Gasteiger partial charge in [0.1, 0.15) is 6.07 Å². The first-order valence-corrected chi connectivity index (χ1v) is 6.81. The monoisotopic (exact) mass is 241 g/mol. The van der Waals surface area contributed by atoms with Gasteiger partial charge in [-0.25, -0.2) is 0 Å². The van der Waals surface area contributed by atoms with Crippen molar-refractivity contribution in [1.82, 2.24) is 0 Å². The van der Waals surface area contributed by atoms with Gasteiger partial charge in [-0.05, 0) is 49.3 Å². The minimum absolute atomic E-state index is 0.580. The quantitative estimate of drug-likeness (QED) is 0.769. The van der Waals surface area contributed by atoms with Gasteiger partial charge in [-0.15, -0.1) is 0 Å². The zero-order valence-corrected chi connectivity index (χ0v) is 10.6. The van der Waals surface area contributed by atoms with E-state index in [1.807, 2.05) is 18.2 Å². The van der Waals surface area contributed by atoms with Crippen molar-refractivity contribution in [2.75, 3.05) is 23.7 Å². The molecule has 3 rings (SSSR count). The fraction of sp³-hybridized carbons (Fsp3) is 0.533. The maximum Gasteiger partial charge on any atom is 0.101 e. The third kappa shape index (κ3) is 2.03. The largest absolute Gasteiger partial charge is 0.398 e. The van der Waals surface area contributed by atoms with E-state index in [0.29, 0.717) is 11.3 Å². The molecular formula is C15H19N3. The van der Waals surface area contributed by atoms with E-state index >= 15 is 0 Å². The van der Waals surface area contributed by atoms with E-state index in [0.717, 1.165) is 24.9 Å². The van der Waals surface area contributed by atoms with Crippen LogP contribution in [0.4, 0.5) is 11.4 Å². The number of rotatable bonds is 1. The summed E-state index contributed by atoms with van der Waals surface area (Å²) >= 11 is 0. The van der Waals surface area contributed by atoms with Crippen LogP contribution in [-0.2, 0) is 0 Å². The first kappa shape index (κ1) is 11.4. The van der Waals surface area contributed by atoms with Gasteiger partial charge in [-0.1, -0.05) is 6.42 Å². The van der Waals surface area contributed by atoms with Crippen molar-refractivity contribution in [3.8, 4) is 6.07 Å². The summed E-state index contributed by atoms with van der Waals surface area (Å²) in [4.78, 5) is 2.45. The predicted molar refractivity (Wildman–Crippen MR) is 73.2 cm³/mol. The van der Waals surface area contributed by atoms with Crippen molar-refractivity contribution in [1.29, 1.82) is 5.26 Å². The molecule has 2 unspecified atom stereocenters. The Balaban J connectivity index is 1.82. The van der Waals surface area contributed by atoms with Crippen molar-refractivity contribution >= 4 is 11.4 Å². The summed E-state index contributed by atoms with van der Waals surface area (Å²) in [7, 11) is 0. The molecule has 0 amide bonds. The van der Waals surface area contributed by atoms with Crippen LogP contribution in [0.3, 0.4) is 0 Å². The van der Waals surface area contributed by atoms with E-state index in [1.54, 1.807) is 0 Å². The molecule has 1 aliphatic carbocycles. The Bertz CT molecular complexity index is 477. The minimum atomic E-state index is 0.580. The second-order valence-electron chi connectivity index (χ2n) is 5.69. The molecule has 0 spiro atoms. The molecule has 1 saturated heterocycles. The van der Waals surface area contributed by atoms with Gasteiger partial charge in [0.05, 0.1) is 11.3 Å². The number of hydrogen-bond acceptors (Lipinski definition) is 3. The molecular weight excluding hydrogens is 222 g/mol. The van der Waals surface area contributed by atoms with E-state index in [4.69, 9.17) is 11.0 Å². The third-order valence-electron chi connectivity index (χ3n) is 4.37. The van der Waals surface area contributed by atoms with Crippen LogP contribution in [0.5, 0.6) is 0 Å². The average molecular weight is 241 g/mol. The molecule has 3 heteroatoms. The molecule has 2 atom stereocenters. The summed E-state index contributed by atoms with van der Waals surface area (Å²) in [5.41, 5.74) is 8.27. The third-order valence-corrected chi connectivity index (χ3v) is 4.37. The van der Waals surface area contributed by atoms with E-state index in [2.05, 4.69) is 11.0 Å². The highest BCUT2D eigenvalue weighted by molar-refractivity contribution is 5.63. The van der Waals surface area contributed by atoms with Crippen LogP contribution in [0.15, 0.2) is 18.2 Å². The first-order chi connectivity index (χ1) is 8.76. The zero-order valence-electron chi connectivity index (χ0n) is 10.6. The van der Waals surface area contributed by atoms with E-state index in [-0.39, 0.29) is 0 Å². The number of nitrogen functional groups attached to an aromatic ring is 1. The Hall–Kier alpha value is -1.69. The lowest BCUT2D eigenvalue weighted by Crippen LogP contribution is -2.42. The van der Waals surface area contributed by atoms with Crippen molar-refractivity contribution in [2.24, 2.45) is 11.8 Å². The lowest BCUT2D eigenvalue weighted by atomic mass is 9.78. The number of anilines is 2. The molecule has 2 bridgehead atoms. The molecule has 1 aromatic carbocycles. The minimum Gasteiger partial charge on any atom is -0.398 e. The first-order valence-electron chi connectivity index (χ1n) is 6.81. The molecule has 2 aliphatic rings. The molecule has 2 N–H and O–H groups in total. The second-order valence-corrected chi connectivity index (χ2v) is 5.69. The van der Waals surface area contributed by atoms with Crippen LogP contribution in [0, 0.1) is 23.2 Å². The van der Waals surface area contributed by atoms with Gasteiger partial charge in [-0.3, -0.25) is 0 Å². The van der Waals surface area contributed by atoms with Crippen LogP contribution in [0.2, 0.25) is 0 Å². The maximum atomic E-state index is 8.91. The molecule has 1 saturated carbocycles. The molecule has 1 aliphatic heterocycles.